The van der Waals surface area contributed by atoms with E-state index in [1.165, 1.54) is 24.3 Å². The van der Waals surface area contributed by atoms with Gasteiger partial charge in [-0.25, -0.2) is 0 Å². The van der Waals surface area contributed by atoms with E-state index in [0.717, 1.165) is 6.07 Å². The fraction of sp³-hybridized carbons (Fsp3) is 0.455. The van der Waals surface area contributed by atoms with Crippen LogP contribution in [0.3, 0.4) is 0 Å². The van der Waals surface area contributed by atoms with Crippen LogP contribution in [0.2, 0.25) is 0 Å². The summed E-state index contributed by atoms with van der Waals surface area (Å²) in [7, 11) is 0. The highest BCUT2D eigenvalue weighted by Crippen LogP contribution is 2.28. The molecule has 0 N–H and O–H groups in total. The van der Waals surface area contributed by atoms with Crippen molar-refractivity contribution in [3.63, 3.8) is 0 Å². The Labute approximate surface area is 199 Å². The lowest BCUT2D eigenvalue weighted by Crippen LogP contribution is -2.42. The Kier molecular flexibility index (Phi) is 10.6. The maximum absolute atomic E-state index is 12.8. The second-order valence-electron chi connectivity index (χ2n) is 7.33. The zero-order chi connectivity index (χ0) is 26.9. The molecule has 0 radical (unpaired) electrons. The first kappa shape index (κ1) is 29.5. The third-order valence-corrected chi connectivity index (χ3v) is 4.70. The van der Waals surface area contributed by atoms with E-state index in [2.05, 4.69) is 9.47 Å². The summed E-state index contributed by atoms with van der Waals surface area (Å²) in [5.41, 5.74) is 0.901. The molecule has 2 aromatic carbocycles. The molecule has 0 heterocycles. The molecule has 14 heteroatoms. The average Bonchev–Trinajstić information content (AvgIpc) is 2.73. The summed E-state index contributed by atoms with van der Waals surface area (Å²) in [4.78, 5) is -1.04. The van der Waals surface area contributed by atoms with Crippen LogP contribution in [0.5, 0.6) is 11.5 Å². The van der Waals surface area contributed by atoms with Gasteiger partial charge in [-0.2, -0.15) is 35.6 Å². The van der Waals surface area contributed by atoms with Gasteiger partial charge in [-0.1, -0.05) is 30.3 Å². The monoisotopic (exact) mass is 537 g/mol. The van der Waals surface area contributed by atoms with Crippen LogP contribution in [-0.4, -0.2) is 43.6 Å². The number of aryl methyl sites for hydroxylation is 2. The summed E-state index contributed by atoms with van der Waals surface area (Å²) in [6.45, 7) is -8.36. The van der Waals surface area contributed by atoms with Crippen molar-refractivity contribution in [1.29, 1.82) is 0 Å². The van der Waals surface area contributed by atoms with Crippen molar-refractivity contribution in [2.75, 3.05) is 6.54 Å². The number of alkyl halides is 10. The summed E-state index contributed by atoms with van der Waals surface area (Å²) in [5.74, 6) is -0.390. The molecular weight excluding hydrogens is 516 g/mol. The van der Waals surface area contributed by atoms with E-state index < -0.39 is 62.1 Å². The maximum atomic E-state index is 12.8. The van der Waals surface area contributed by atoms with E-state index in [0.29, 0.717) is 11.1 Å². The van der Waals surface area contributed by atoms with Crippen molar-refractivity contribution >= 4 is 0 Å². The normalized spacial score (nSPS) is 13.5. The van der Waals surface area contributed by atoms with E-state index in [1.54, 1.807) is 18.2 Å². The predicted molar refractivity (Wildman–Crippen MR) is 106 cm³/mol. The van der Waals surface area contributed by atoms with E-state index in [9.17, 15) is 43.9 Å². The van der Waals surface area contributed by atoms with Crippen LogP contribution in [0.25, 0.3) is 0 Å². The second-order valence-corrected chi connectivity index (χ2v) is 7.33. The van der Waals surface area contributed by atoms with Gasteiger partial charge in [0.15, 0.2) is 0 Å². The Hall–Kier alpha value is -2.74. The lowest BCUT2D eigenvalue weighted by Gasteiger charge is -2.25. The minimum Gasteiger partial charge on any atom is -0.464 e. The molecule has 1 atom stereocenters. The number of ether oxygens (including phenoxy) is 3. The molecule has 0 unspecified atom stereocenters. The number of para-hydroxylation sites is 1. The molecule has 0 amide bonds. The molecule has 0 aliphatic heterocycles. The van der Waals surface area contributed by atoms with E-state index >= 15 is 0 Å². The van der Waals surface area contributed by atoms with Crippen molar-refractivity contribution in [2.45, 2.75) is 57.8 Å². The van der Waals surface area contributed by atoms with Gasteiger partial charge in [-0.05, 0) is 48.6 Å². The average molecular weight is 537 g/mol. The minimum absolute atomic E-state index is 0.0346. The Bertz CT molecular complexity index is 937. The summed E-state index contributed by atoms with van der Waals surface area (Å²) in [5, 5.41) is 0. The highest BCUT2D eigenvalue weighted by molar-refractivity contribution is 5.35. The van der Waals surface area contributed by atoms with Crippen molar-refractivity contribution in [3.05, 3.63) is 59.7 Å². The molecule has 2 rings (SSSR count). The van der Waals surface area contributed by atoms with Gasteiger partial charge in [0.05, 0.1) is 0 Å². The lowest BCUT2D eigenvalue weighted by molar-refractivity contribution is -0.294. The topological polar surface area (TPSA) is 30.9 Å². The van der Waals surface area contributed by atoms with Crippen LogP contribution >= 0.6 is 0 Å². The van der Waals surface area contributed by atoms with Crippen LogP contribution in [0.1, 0.15) is 24.0 Å². The molecule has 0 fully saturated rings. The number of hydrogen-bond donors (Lipinski definition) is 0. The van der Waals surface area contributed by atoms with Crippen molar-refractivity contribution in [3.8, 4) is 11.5 Å². The number of benzene rings is 2. The van der Waals surface area contributed by atoms with Crippen LogP contribution in [0.15, 0.2) is 48.5 Å². The largest absolute Gasteiger partial charge is 0.573 e. The summed E-state index contributed by atoms with van der Waals surface area (Å²) >= 11 is 0. The Morgan fingerprint density at radius 2 is 1.53 bits per heavy atom. The molecule has 2 aromatic rings. The van der Waals surface area contributed by atoms with E-state index in [-0.39, 0.29) is 18.6 Å². The summed E-state index contributed by atoms with van der Waals surface area (Å²) in [6, 6.07) is 11.2. The molecule has 0 saturated carbocycles. The van der Waals surface area contributed by atoms with Gasteiger partial charge < -0.3 is 9.47 Å². The first-order valence-corrected chi connectivity index (χ1v) is 10.4. The van der Waals surface area contributed by atoms with Crippen LogP contribution in [-0.2, 0) is 17.6 Å². The highest BCUT2D eigenvalue weighted by Gasteiger charge is 2.42. The predicted octanol–water partition coefficient (Wildman–Crippen LogP) is 7.14. The third kappa shape index (κ3) is 10.5. The molecule has 202 valence electrons. The Balaban J connectivity index is 2.06. The molecular formula is C22H21F10NO3. The minimum atomic E-state index is -5.32. The Morgan fingerprint density at radius 1 is 0.833 bits per heavy atom. The van der Waals surface area contributed by atoms with Crippen LogP contribution in [0.4, 0.5) is 43.9 Å². The highest BCUT2D eigenvalue weighted by atomic mass is 19.4. The number of hydrogen-bond acceptors (Lipinski definition) is 4. The molecule has 0 spiro atoms. The SMILES string of the molecule is FC(F)O[C@H](CCCN(C(F)F)C(F)(F)F)Oc1ccccc1CCc1cccc(OC(F)(F)F)c1. The molecule has 0 bridgehead atoms. The zero-order valence-corrected chi connectivity index (χ0v) is 18.3. The van der Waals surface area contributed by atoms with E-state index in [1.807, 2.05) is 0 Å². The first-order chi connectivity index (χ1) is 16.7. The van der Waals surface area contributed by atoms with Crippen LogP contribution in [0, 0.1) is 0 Å². The zero-order valence-electron chi connectivity index (χ0n) is 18.3. The molecule has 0 aliphatic rings. The van der Waals surface area contributed by atoms with Gasteiger partial charge in [-0.3, -0.25) is 4.74 Å². The third-order valence-electron chi connectivity index (χ3n) is 4.70. The Morgan fingerprint density at radius 3 is 2.14 bits per heavy atom. The second kappa shape index (κ2) is 13.0. The van der Waals surface area contributed by atoms with Crippen LogP contribution < -0.4 is 9.47 Å². The van der Waals surface area contributed by atoms with Crippen molar-refractivity contribution < 1.29 is 58.1 Å². The van der Waals surface area contributed by atoms with Gasteiger partial charge in [0.1, 0.15) is 11.5 Å². The smallest absolute Gasteiger partial charge is 0.464 e. The van der Waals surface area contributed by atoms with Crippen molar-refractivity contribution in [2.24, 2.45) is 0 Å². The van der Waals surface area contributed by atoms with Gasteiger partial charge >= 0.3 is 25.8 Å². The summed E-state index contributed by atoms with van der Waals surface area (Å²) < 4.78 is 140. The fourth-order valence-electron chi connectivity index (χ4n) is 3.18. The van der Waals surface area contributed by atoms with Gasteiger partial charge in [0, 0.05) is 13.0 Å². The molecule has 0 saturated heterocycles. The van der Waals surface area contributed by atoms with Gasteiger partial charge in [0.2, 0.25) is 6.29 Å². The number of nitrogens with zero attached hydrogens (tertiary/aromatic N) is 1. The number of halogens is 10. The summed E-state index contributed by atoms with van der Waals surface area (Å²) in [6.07, 6.45) is -12.7. The van der Waals surface area contributed by atoms with E-state index in [4.69, 9.17) is 4.74 Å². The standard InChI is InChI=1S/C22H21F10NO3/c23-19(24)33(21(27,28)29)12-4-9-18(35-20(25)26)34-17-8-2-1-6-15(17)11-10-14-5-3-7-16(13-14)36-22(30,31)32/h1-3,5-8,13,18-20H,4,9-12H2/t18-/m1/s1. The maximum Gasteiger partial charge on any atom is 0.573 e. The molecule has 4 nitrogen and oxygen atoms in total. The quantitative estimate of drug-likeness (QED) is 0.154. The van der Waals surface area contributed by atoms with Gasteiger partial charge in [-0.15, -0.1) is 13.2 Å². The number of rotatable bonds is 13. The molecule has 36 heavy (non-hydrogen) atoms. The first-order valence-electron chi connectivity index (χ1n) is 10.4. The molecule has 0 aromatic heterocycles. The van der Waals surface area contributed by atoms with Crippen molar-refractivity contribution in [1.82, 2.24) is 4.90 Å². The van der Waals surface area contributed by atoms with Gasteiger partial charge in [0.25, 0.3) is 0 Å². The lowest BCUT2D eigenvalue weighted by atomic mass is 10.0. The fourth-order valence-corrected chi connectivity index (χ4v) is 3.18. The molecule has 0 aliphatic carbocycles.